The Hall–Kier alpha value is -5.11. The van der Waals surface area contributed by atoms with Crippen LogP contribution in [0.2, 0.25) is 0 Å². The number of primary amides is 1. The van der Waals surface area contributed by atoms with Crippen molar-refractivity contribution in [1.82, 2.24) is 16.0 Å². The van der Waals surface area contributed by atoms with Crippen LogP contribution in [0.25, 0.3) is 0 Å². The molecule has 4 amide bonds. The molecule has 0 spiro atoms. The summed E-state index contributed by atoms with van der Waals surface area (Å²) < 4.78 is 13.3. The molecule has 1 aliphatic rings. The van der Waals surface area contributed by atoms with Crippen LogP contribution >= 0.6 is 0 Å². The maximum atomic E-state index is 13.7. The van der Waals surface area contributed by atoms with Crippen LogP contribution in [0.15, 0.2) is 77.7 Å². The minimum absolute atomic E-state index is 0.00353. The number of nitro groups is 1. The van der Waals surface area contributed by atoms with Crippen LogP contribution in [0.1, 0.15) is 27.9 Å². The molecular weight excluding hydrogens is 578 g/mol. The molecule has 224 valence electrons. The van der Waals surface area contributed by atoms with Gasteiger partial charge in [-0.3, -0.25) is 33.5 Å². The van der Waals surface area contributed by atoms with Crippen molar-refractivity contribution in [2.75, 3.05) is 5.75 Å². The molecule has 0 bridgehead atoms. The number of phenols is 1. The average Bonchev–Trinajstić information content (AvgIpc) is 2.98. The number of non-ortho nitro benzene ring substituents is 1. The summed E-state index contributed by atoms with van der Waals surface area (Å²) in [6, 6.07) is 14.2. The van der Waals surface area contributed by atoms with Gasteiger partial charge in [-0.1, -0.05) is 42.5 Å². The summed E-state index contributed by atoms with van der Waals surface area (Å²) in [5.41, 5.74) is 6.07. The lowest BCUT2D eigenvalue weighted by molar-refractivity contribution is -0.384. The fourth-order valence-corrected chi connectivity index (χ4v) is 5.83. The first-order valence-electron chi connectivity index (χ1n) is 13.2. The largest absolute Gasteiger partial charge is 0.508 e. The van der Waals surface area contributed by atoms with Crippen molar-refractivity contribution in [3.8, 4) is 5.75 Å². The molecule has 0 fully saturated rings. The number of hydrogen-bond acceptors (Lipinski definition) is 8. The summed E-state index contributed by atoms with van der Waals surface area (Å²) in [6.45, 7) is 0. The van der Waals surface area contributed by atoms with Crippen molar-refractivity contribution in [3.05, 3.63) is 99.6 Å². The van der Waals surface area contributed by atoms with E-state index in [1.165, 1.54) is 18.2 Å². The van der Waals surface area contributed by atoms with Crippen molar-refractivity contribution in [1.29, 1.82) is 0 Å². The van der Waals surface area contributed by atoms with E-state index in [4.69, 9.17) is 5.73 Å². The molecule has 4 rings (SSSR count). The highest BCUT2D eigenvalue weighted by atomic mass is 32.2. The fraction of sp³-hybridized carbons (Fsp3) is 0.241. The van der Waals surface area contributed by atoms with Crippen LogP contribution < -0.4 is 21.7 Å². The van der Waals surface area contributed by atoms with Crippen LogP contribution in [0.3, 0.4) is 0 Å². The Balaban J connectivity index is 1.77. The number of carbonyl (C=O) groups excluding carboxylic acids is 4. The number of nitrogens with two attached hydrogens (primary N) is 1. The summed E-state index contributed by atoms with van der Waals surface area (Å²) in [5.74, 6) is -3.50. The first-order valence-corrected chi connectivity index (χ1v) is 14.5. The Morgan fingerprint density at radius 1 is 0.907 bits per heavy atom. The number of fused-ring (bicyclic) bond motifs is 1. The van der Waals surface area contributed by atoms with E-state index in [0.717, 1.165) is 12.1 Å². The highest BCUT2D eigenvalue weighted by Gasteiger charge is 2.32. The van der Waals surface area contributed by atoms with Crippen molar-refractivity contribution in [2.45, 2.75) is 42.3 Å². The van der Waals surface area contributed by atoms with Crippen LogP contribution in [-0.4, -0.2) is 61.7 Å². The Kier molecular flexibility index (Phi) is 9.83. The zero-order valence-corrected chi connectivity index (χ0v) is 23.5. The zero-order valence-electron chi connectivity index (χ0n) is 22.7. The number of rotatable bonds is 6. The van der Waals surface area contributed by atoms with Crippen molar-refractivity contribution < 1.29 is 33.4 Å². The quantitative estimate of drug-likeness (QED) is 0.200. The van der Waals surface area contributed by atoms with Gasteiger partial charge in [0.15, 0.2) is 0 Å². The average molecular weight is 608 g/mol. The number of carbonyl (C=O) groups is 4. The molecule has 1 heterocycles. The minimum atomic E-state index is -1.94. The fourth-order valence-electron chi connectivity index (χ4n) is 4.54. The van der Waals surface area contributed by atoms with Crippen LogP contribution in [-0.2, 0) is 38.0 Å². The van der Waals surface area contributed by atoms with Gasteiger partial charge in [-0.2, -0.15) is 0 Å². The monoisotopic (exact) mass is 607 g/mol. The number of benzene rings is 3. The standard InChI is InChI=1S/C29H29N5O8S/c30-26(36)22-12-13-43(42)25-11-8-19(34(40)41)16-21(25)27(37)32-23(14-17-4-2-1-3-5-17)29(39)33-24(28(38)31-22)15-18-6-9-20(35)10-7-18/h1-11,16,22-24,35H,12-15H2,(H2,30,36)(H,31,38)(H,32,37)(H,33,39)/t22-,23-,24-,43?/m0/s1. The summed E-state index contributed by atoms with van der Waals surface area (Å²) in [5, 5.41) is 28.9. The summed E-state index contributed by atoms with van der Waals surface area (Å²) >= 11 is 0. The Morgan fingerprint density at radius 2 is 1.51 bits per heavy atom. The maximum Gasteiger partial charge on any atom is 0.270 e. The van der Waals surface area contributed by atoms with Gasteiger partial charge in [-0.05, 0) is 35.7 Å². The number of hydrogen-bond donors (Lipinski definition) is 5. The van der Waals surface area contributed by atoms with Gasteiger partial charge in [0.1, 0.15) is 23.9 Å². The molecule has 0 aliphatic carbocycles. The Bertz CT molecular complexity index is 1560. The molecule has 1 unspecified atom stereocenters. The number of amides is 4. The molecule has 13 nitrogen and oxygen atoms in total. The minimum Gasteiger partial charge on any atom is -0.508 e. The molecule has 0 aromatic heterocycles. The van der Waals surface area contributed by atoms with E-state index in [-0.39, 0.29) is 41.2 Å². The van der Waals surface area contributed by atoms with E-state index >= 15 is 0 Å². The number of phenolic OH excluding ortho intramolecular Hbond substituents is 1. The highest BCUT2D eigenvalue weighted by molar-refractivity contribution is 7.85. The van der Waals surface area contributed by atoms with Crippen molar-refractivity contribution in [3.63, 3.8) is 0 Å². The van der Waals surface area contributed by atoms with E-state index in [1.54, 1.807) is 42.5 Å². The van der Waals surface area contributed by atoms with Crippen LogP contribution in [0.4, 0.5) is 5.69 Å². The van der Waals surface area contributed by atoms with Crippen LogP contribution in [0.5, 0.6) is 5.75 Å². The van der Waals surface area contributed by atoms with Crippen LogP contribution in [0, 0.1) is 10.1 Å². The van der Waals surface area contributed by atoms with Gasteiger partial charge in [0.05, 0.1) is 26.2 Å². The SMILES string of the molecule is NC(=O)[C@@H]1CCS(=O)c2ccc([N+](=O)[O-])cc2C(=O)N[C@@H](Cc2ccccc2)C(=O)N[C@@H](Cc2ccc(O)cc2)C(=O)N1. The molecule has 6 N–H and O–H groups in total. The summed E-state index contributed by atoms with van der Waals surface area (Å²) in [7, 11) is -1.94. The molecule has 43 heavy (non-hydrogen) atoms. The number of aromatic hydroxyl groups is 1. The lowest BCUT2D eigenvalue weighted by Crippen LogP contribution is -2.57. The highest BCUT2D eigenvalue weighted by Crippen LogP contribution is 2.23. The third kappa shape index (κ3) is 8.01. The van der Waals surface area contributed by atoms with Gasteiger partial charge in [0.25, 0.3) is 11.6 Å². The first-order chi connectivity index (χ1) is 20.5. The summed E-state index contributed by atoms with van der Waals surface area (Å²) in [4.78, 5) is 63.6. The number of nitrogens with zero attached hydrogens (tertiary/aromatic N) is 1. The molecule has 1 aliphatic heterocycles. The molecular formula is C29H29N5O8S. The second-order valence-corrected chi connectivity index (χ2v) is 11.4. The van der Waals surface area contributed by atoms with Gasteiger partial charge in [0.2, 0.25) is 17.7 Å². The topological polar surface area (TPSA) is 211 Å². The van der Waals surface area contributed by atoms with Gasteiger partial charge in [-0.15, -0.1) is 0 Å². The summed E-state index contributed by atoms with van der Waals surface area (Å²) in [6.07, 6.45) is -0.234. The van der Waals surface area contributed by atoms with Gasteiger partial charge >= 0.3 is 0 Å². The van der Waals surface area contributed by atoms with E-state index in [1.807, 2.05) is 0 Å². The van der Waals surface area contributed by atoms with E-state index in [0.29, 0.717) is 11.1 Å². The van der Waals surface area contributed by atoms with Crippen molar-refractivity contribution >= 4 is 40.1 Å². The molecule has 0 radical (unpaired) electrons. The molecule has 0 saturated heterocycles. The third-order valence-electron chi connectivity index (χ3n) is 6.83. The van der Waals surface area contributed by atoms with E-state index in [9.17, 15) is 38.6 Å². The molecule has 0 saturated carbocycles. The van der Waals surface area contributed by atoms with E-state index < -0.39 is 63.2 Å². The predicted octanol–water partition coefficient (Wildman–Crippen LogP) is 0.850. The molecule has 3 aromatic carbocycles. The predicted molar refractivity (Wildman–Crippen MR) is 155 cm³/mol. The Labute approximate surface area is 248 Å². The number of nitro benzene ring substituents is 1. The van der Waals surface area contributed by atoms with E-state index in [2.05, 4.69) is 16.0 Å². The third-order valence-corrected chi connectivity index (χ3v) is 8.28. The molecule has 3 aromatic rings. The Morgan fingerprint density at radius 3 is 2.14 bits per heavy atom. The molecule has 14 heteroatoms. The lowest BCUT2D eigenvalue weighted by Gasteiger charge is -2.26. The smallest absolute Gasteiger partial charge is 0.270 e. The van der Waals surface area contributed by atoms with Gasteiger partial charge in [-0.25, -0.2) is 0 Å². The lowest BCUT2D eigenvalue weighted by atomic mass is 10.0. The normalized spacial score (nSPS) is 21.3. The van der Waals surface area contributed by atoms with Gasteiger partial charge < -0.3 is 26.8 Å². The van der Waals surface area contributed by atoms with Gasteiger partial charge in [0, 0.05) is 30.7 Å². The second kappa shape index (κ2) is 13.7. The van der Waals surface area contributed by atoms with Crippen molar-refractivity contribution in [2.24, 2.45) is 5.73 Å². The number of nitrogens with one attached hydrogen (secondary N) is 3. The zero-order chi connectivity index (χ0) is 31.1. The second-order valence-electron chi connectivity index (χ2n) is 9.89. The first kappa shape index (κ1) is 30.8. The molecule has 4 atom stereocenters. The maximum absolute atomic E-state index is 13.7.